The van der Waals surface area contributed by atoms with Gasteiger partial charge in [0.1, 0.15) is 0 Å². The smallest absolute Gasteiger partial charge is 0.00966 e. The van der Waals surface area contributed by atoms with Crippen LogP contribution in [-0.2, 0) is 0 Å². The molecule has 0 aromatic heterocycles. The summed E-state index contributed by atoms with van der Waals surface area (Å²) >= 11 is 0. The van der Waals surface area contributed by atoms with Crippen molar-refractivity contribution in [3.63, 3.8) is 0 Å². The molecule has 106 valence electrons. The van der Waals surface area contributed by atoms with Gasteiger partial charge in [-0.05, 0) is 70.3 Å². The molecule has 1 heteroatoms. The Morgan fingerprint density at radius 2 is 1.72 bits per heavy atom. The Kier molecular flexibility index (Phi) is 4.75. The van der Waals surface area contributed by atoms with Gasteiger partial charge < -0.3 is 5.32 Å². The van der Waals surface area contributed by atoms with Gasteiger partial charge in [-0.15, -0.1) is 0 Å². The van der Waals surface area contributed by atoms with E-state index >= 15 is 0 Å². The van der Waals surface area contributed by atoms with E-state index in [1.54, 1.807) is 0 Å². The van der Waals surface area contributed by atoms with E-state index in [2.05, 4.69) is 33.0 Å². The summed E-state index contributed by atoms with van der Waals surface area (Å²) in [5.74, 6) is 4.02. The van der Waals surface area contributed by atoms with Crippen LogP contribution in [0.1, 0.15) is 72.6 Å². The van der Waals surface area contributed by atoms with Crippen molar-refractivity contribution in [3.05, 3.63) is 0 Å². The van der Waals surface area contributed by atoms with Crippen LogP contribution in [0.15, 0.2) is 0 Å². The van der Waals surface area contributed by atoms with E-state index in [1.807, 2.05) is 0 Å². The predicted octanol–water partition coefficient (Wildman–Crippen LogP) is 4.62. The third kappa shape index (κ3) is 3.98. The van der Waals surface area contributed by atoms with Crippen molar-refractivity contribution in [2.45, 2.75) is 78.2 Å². The molecule has 1 N–H and O–H groups in total. The lowest BCUT2D eigenvalue weighted by molar-refractivity contribution is 0.163. The Hall–Kier alpha value is -0.0400. The molecule has 0 amide bonds. The molecule has 0 spiro atoms. The zero-order chi connectivity index (χ0) is 13.2. The number of hydrogen-bond donors (Lipinski definition) is 1. The van der Waals surface area contributed by atoms with Gasteiger partial charge in [0.05, 0.1) is 0 Å². The first-order chi connectivity index (χ1) is 8.46. The second-order valence-electron chi connectivity index (χ2n) is 8.02. The molecule has 18 heavy (non-hydrogen) atoms. The van der Waals surface area contributed by atoms with E-state index in [1.165, 1.54) is 51.5 Å². The average Bonchev–Trinajstić information content (AvgIpc) is 2.73. The maximum absolute atomic E-state index is 3.74. The van der Waals surface area contributed by atoms with Crippen molar-refractivity contribution in [2.24, 2.45) is 23.7 Å². The highest BCUT2D eigenvalue weighted by Crippen LogP contribution is 2.44. The molecule has 2 aliphatic rings. The molecular weight excluding hydrogens is 218 g/mol. The lowest BCUT2D eigenvalue weighted by atomic mass is 9.72. The van der Waals surface area contributed by atoms with Crippen LogP contribution in [0.4, 0.5) is 0 Å². The van der Waals surface area contributed by atoms with Gasteiger partial charge in [0.15, 0.2) is 0 Å². The molecular formula is C17H33N. The summed E-state index contributed by atoms with van der Waals surface area (Å²) in [6.45, 7) is 10.6. The maximum atomic E-state index is 3.74. The van der Waals surface area contributed by atoms with Gasteiger partial charge in [-0.1, -0.05) is 32.6 Å². The van der Waals surface area contributed by atoms with E-state index in [0.29, 0.717) is 0 Å². The fourth-order valence-corrected chi connectivity index (χ4v) is 4.25. The standard InChI is InChI=1S/C17H33N/c1-13-7-5-8-14(11-13)16-10-6-9-15(16)12-18-17(2,3)4/h13-16,18H,5-12H2,1-4H3. The monoisotopic (exact) mass is 251 g/mol. The molecule has 2 aliphatic carbocycles. The molecule has 1 nitrogen and oxygen atoms in total. The quantitative estimate of drug-likeness (QED) is 0.772. The fraction of sp³-hybridized carbons (Fsp3) is 1.00. The highest BCUT2D eigenvalue weighted by molar-refractivity contribution is 4.87. The van der Waals surface area contributed by atoms with Crippen LogP contribution in [0.25, 0.3) is 0 Å². The second-order valence-corrected chi connectivity index (χ2v) is 8.02. The summed E-state index contributed by atoms with van der Waals surface area (Å²) < 4.78 is 0. The van der Waals surface area contributed by atoms with Crippen LogP contribution < -0.4 is 5.32 Å². The highest BCUT2D eigenvalue weighted by Gasteiger charge is 2.35. The lowest BCUT2D eigenvalue weighted by Crippen LogP contribution is -2.41. The third-order valence-corrected chi connectivity index (χ3v) is 5.19. The van der Waals surface area contributed by atoms with Crippen molar-refractivity contribution < 1.29 is 0 Å². The topological polar surface area (TPSA) is 12.0 Å². The van der Waals surface area contributed by atoms with Crippen LogP contribution in [0, 0.1) is 23.7 Å². The summed E-state index contributed by atoms with van der Waals surface area (Å²) in [6, 6.07) is 0. The first-order valence-electron chi connectivity index (χ1n) is 8.21. The zero-order valence-corrected chi connectivity index (χ0v) is 13.0. The van der Waals surface area contributed by atoms with Crippen molar-refractivity contribution in [3.8, 4) is 0 Å². The van der Waals surface area contributed by atoms with Gasteiger partial charge in [-0.2, -0.15) is 0 Å². The molecule has 0 aromatic carbocycles. The highest BCUT2D eigenvalue weighted by atomic mass is 14.9. The second kappa shape index (κ2) is 5.94. The average molecular weight is 251 g/mol. The number of hydrogen-bond acceptors (Lipinski definition) is 1. The fourth-order valence-electron chi connectivity index (χ4n) is 4.25. The predicted molar refractivity (Wildman–Crippen MR) is 79.7 cm³/mol. The van der Waals surface area contributed by atoms with Crippen LogP contribution in [0.5, 0.6) is 0 Å². The molecule has 2 saturated carbocycles. The molecule has 0 aromatic rings. The van der Waals surface area contributed by atoms with Crippen LogP contribution >= 0.6 is 0 Å². The minimum absolute atomic E-state index is 0.285. The SMILES string of the molecule is CC1CCCC(C2CCCC2CNC(C)(C)C)C1. The molecule has 0 radical (unpaired) electrons. The molecule has 0 heterocycles. The molecule has 4 unspecified atom stereocenters. The van der Waals surface area contributed by atoms with Crippen molar-refractivity contribution in [1.82, 2.24) is 5.32 Å². The van der Waals surface area contributed by atoms with Gasteiger partial charge in [-0.25, -0.2) is 0 Å². The lowest BCUT2D eigenvalue weighted by Gasteiger charge is -2.35. The first kappa shape index (κ1) is 14.4. The minimum Gasteiger partial charge on any atom is -0.312 e. The normalized spacial score (nSPS) is 38.0. The van der Waals surface area contributed by atoms with Crippen LogP contribution in [-0.4, -0.2) is 12.1 Å². The third-order valence-electron chi connectivity index (χ3n) is 5.19. The van der Waals surface area contributed by atoms with Crippen molar-refractivity contribution >= 4 is 0 Å². The summed E-state index contributed by atoms with van der Waals surface area (Å²) in [5, 5.41) is 3.74. The van der Waals surface area contributed by atoms with Gasteiger partial charge in [0.25, 0.3) is 0 Å². The number of nitrogens with one attached hydrogen (secondary N) is 1. The van der Waals surface area contributed by atoms with Crippen molar-refractivity contribution in [2.75, 3.05) is 6.54 Å². The van der Waals surface area contributed by atoms with E-state index in [0.717, 1.165) is 23.7 Å². The minimum atomic E-state index is 0.285. The Morgan fingerprint density at radius 1 is 1.00 bits per heavy atom. The van der Waals surface area contributed by atoms with Gasteiger partial charge in [0.2, 0.25) is 0 Å². The molecule has 0 saturated heterocycles. The van der Waals surface area contributed by atoms with E-state index < -0.39 is 0 Å². The summed E-state index contributed by atoms with van der Waals surface area (Å²) in [4.78, 5) is 0. The summed E-state index contributed by atoms with van der Waals surface area (Å²) in [6.07, 6.45) is 10.5. The van der Waals surface area contributed by atoms with E-state index in [4.69, 9.17) is 0 Å². The Labute approximate surface area is 114 Å². The van der Waals surface area contributed by atoms with Gasteiger partial charge in [-0.3, -0.25) is 0 Å². The van der Waals surface area contributed by atoms with Crippen molar-refractivity contribution in [1.29, 1.82) is 0 Å². The molecule has 0 aliphatic heterocycles. The Bertz CT molecular complexity index is 253. The molecule has 2 fully saturated rings. The number of rotatable bonds is 3. The Balaban J connectivity index is 1.86. The first-order valence-corrected chi connectivity index (χ1v) is 8.21. The maximum Gasteiger partial charge on any atom is 0.00966 e. The largest absolute Gasteiger partial charge is 0.312 e. The van der Waals surface area contributed by atoms with Crippen LogP contribution in [0.3, 0.4) is 0 Å². The Morgan fingerprint density at radius 3 is 2.39 bits per heavy atom. The van der Waals surface area contributed by atoms with Crippen LogP contribution in [0.2, 0.25) is 0 Å². The summed E-state index contributed by atoms with van der Waals surface area (Å²) in [7, 11) is 0. The van der Waals surface area contributed by atoms with Gasteiger partial charge in [0, 0.05) is 5.54 Å². The van der Waals surface area contributed by atoms with E-state index in [-0.39, 0.29) is 5.54 Å². The molecule has 2 rings (SSSR count). The zero-order valence-electron chi connectivity index (χ0n) is 13.0. The summed E-state index contributed by atoms with van der Waals surface area (Å²) in [5.41, 5.74) is 0.285. The van der Waals surface area contributed by atoms with Gasteiger partial charge >= 0.3 is 0 Å². The van der Waals surface area contributed by atoms with E-state index in [9.17, 15) is 0 Å². The molecule has 0 bridgehead atoms. The molecule has 4 atom stereocenters.